The lowest BCUT2D eigenvalue weighted by molar-refractivity contribution is 0.477. The Balaban J connectivity index is 1.53. The first-order chi connectivity index (χ1) is 13.5. The molecule has 0 atom stereocenters. The maximum atomic E-state index is 11.5. The zero-order chi connectivity index (χ0) is 19.4. The van der Waals surface area contributed by atoms with Crippen LogP contribution in [0, 0.1) is 6.92 Å². The summed E-state index contributed by atoms with van der Waals surface area (Å²) in [6.07, 6.45) is 1.72. The molecule has 140 valence electrons. The number of aromatic hydroxyl groups is 1. The summed E-state index contributed by atoms with van der Waals surface area (Å²) < 4.78 is 5.86. The summed E-state index contributed by atoms with van der Waals surface area (Å²) in [6.45, 7) is 3.02. The van der Waals surface area contributed by atoms with Crippen molar-refractivity contribution >= 4 is 28.8 Å². The molecule has 0 saturated carbocycles. The molecular formula is C20H15ClN4O3. The van der Waals surface area contributed by atoms with E-state index in [4.69, 9.17) is 16.0 Å². The standard InChI is InChI=1S/C20H15ClN4O3/c1-10-4-13(21)6-15(26)18(10)14-2-3-16-19(23-14)24-20(28-16)25-8-11-5-17(27)22-7-12(11)9-25/h2-7,26H,8-9H2,1H3,(H,22,27). The van der Waals surface area contributed by atoms with Crippen molar-refractivity contribution in [3.05, 3.63) is 68.6 Å². The quantitative estimate of drug-likeness (QED) is 0.537. The zero-order valence-corrected chi connectivity index (χ0v) is 15.6. The highest BCUT2D eigenvalue weighted by Crippen LogP contribution is 2.35. The van der Waals surface area contributed by atoms with Gasteiger partial charge in [0.1, 0.15) is 5.75 Å². The van der Waals surface area contributed by atoms with Gasteiger partial charge < -0.3 is 19.4 Å². The largest absolute Gasteiger partial charge is 0.507 e. The molecule has 2 N–H and O–H groups in total. The number of H-pyrrole nitrogens is 1. The summed E-state index contributed by atoms with van der Waals surface area (Å²) in [5.41, 5.74) is 4.91. The van der Waals surface area contributed by atoms with E-state index in [1.165, 1.54) is 6.07 Å². The summed E-state index contributed by atoms with van der Waals surface area (Å²) in [5, 5.41) is 10.8. The molecule has 0 aliphatic carbocycles. The van der Waals surface area contributed by atoms with Crippen LogP contribution in [0.5, 0.6) is 5.75 Å². The Morgan fingerprint density at radius 3 is 2.82 bits per heavy atom. The molecule has 0 bridgehead atoms. The third-order valence-corrected chi connectivity index (χ3v) is 5.10. The van der Waals surface area contributed by atoms with Crippen molar-refractivity contribution in [1.82, 2.24) is 15.0 Å². The van der Waals surface area contributed by atoms with E-state index in [0.29, 0.717) is 46.6 Å². The molecule has 1 aliphatic heterocycles. The molecule has 7 nitrogen and oxygen atoms in total. The lowest BCUT2D eigenvalue weighted by Crippen LogP contribution is -2.14. The van der Waals surface area contributed by atoms with E-state index in [-0.39, 0.29) is 11.3 Å². The maximum absolute atomic E-state index is 11.5. The number of aromatic amines is 1. The van der Waals surface area contributed by atoms with Gasteiger partial charge in [0.2, 0.25) is 11.2 Å². The second-order valence-corrected chi connectivity index (χ2v) is 7.27. The maximum Gasteiger partial charge on any atom is 0.300 e. The molecule has 0 amide bonds. The molecule has 8 heteroatoms. The number of rotatable bonds is 2. The number of halogens is 1. The highest BCUT2D eigenvalue weighted by Gasteiger charge is 2.24. The van der Waals surface area contributed by atoms with Crippen LogP contribution in [0.25, 0.3) is 22.5 Å². The number of anilines is 1. The topological polar surface area (TPSA) is 95.2 Å². The fraction of sp³-hybridized carbons (Fsp3) is 0.150. The number of benzene rings is 1. The third kappa shape index (κ3) is 2.71. The molecule has 1 aromatic carbocycles. The van der Waals surface area contributed by atoms with Gasteiger partial charge in [0.25, 0.3) is 0 Å². The lowest BCUT2D eigenvalue weighted by Gasteiger charge is -2.10. The molecule has 1 aliphatic rings. The lowest BCUT2D eigenvalue weighted by atomic mass is 10.0. The first-order valence-electron chi connectivity index (χ1n) is 8.70. The normalized spacial score (nSPS) is 13.3. The van der Waals surface area contributed by atoms with E-state index in [2.05, 4.69) is 15.0 Å². The molecule has 0 radical (unpaired) electrons. The van der Waals surface area contributed by atoms with Crippen LogP contribution in [0.15, 0.2) is 45.7 Å². The molecule has 0 saturated heterocycles. The Kier molecular flexibility index (Phi) is 3.67. The van der Waals surface area contributed by atoms with Crippen LogP contribution in [0.3, 0.4) is 0 Å². The van der Waals surface area contributed by atoms with Gasteiger partial charge >= 0.3 is 6.01 Å². The number of phenolic OH excluding ortho intramolecular Hbond substituents is 1. The van der Waals surface area contributed by atoms with E-state index >= 15 is 0 Å². The number of hydrogen-bond donors (Lipinski definition) is 2. The zero-order valence-electron chi connectivity index (χ0n) is 14.9. The molecule has 3 aromatic heterocycles. The highest BCUT2D eigenvalue weighted by molar-refractivity contribution is 6.31. The van der Waals surface area contributed by atoms with E-state index < -0.39 is 0 Å². The first-order valence-corrected chi connectivity index (χ1v) is 9.08. The Labute approximate surface area is 164 Å². The Hall–Kier alpha value is -3.32. The monoisotopic (exact) mass is 394 g/mol. The molecule has 0 fully saturated rings. The summed E-state index contributed by atoms with van der Waals surface area (Å²) >= 11 is 5.99. The van der Waals surface area contributed by atoms with Gasteiger partial charge in [-0.3, -0.25) is 4.79 Å². The summed E-state index contributed by atoms with van der Waals surface area (Å²) in [6, 6.07) is 8.88. The van der Waals surface area contributed by atoms with Crippen LogP contribution in [-0.2, 0) is 13.1 Å². The van der Waals surface area contributed by atoms with Crippen molar-refractivity contribution in [2.45, 2.75) is 20.0 Å². The molecule has 4 heterocycles. The smallest absolute Gasteiger partial charge is 0.300 e. The Morgan fingerprint density at radius 1 is 1.18 bits per heavy atom. The Bertz CT molecular complexity index is 1270. The van der Waals surface area contributed by atoms with E-state index in [1.54, 1.807) is 30.5 Å². The molecule has 5 rings (SSSR count). The van der Waals surface area contributed by atoms with Gasteiger partial charge in [-0.25, -0.2) is 4.98 Å². The summed E-state index contributed by atoms with van der Waals surface area (Å²) in [4.78, 5) is 25.2. The average Bonchev–Trinajstić information content (AvgIpc) is 3.23. The van der Waals surface area contributed by atoms with Crippen LogP contribution in [0.2, 0.25) is 5.02 Å². The number of pyridine rings is 2. The van der Waals surface area contributed by atoms with Crippen molar-refractivity contribution in [2.24, 2.45) is 0 Å². The van der Waals surface area contributed by atoms with Gasteiger partial charge in [0.15, 0.2) is 5.58 Å². The van der Waals surface area contributed by atoms with Crippen LogP contribution in [0.1, 0.15) is 16.7 Å². The van der Waals surface area contributed by atoms with Crippen molar-refractivity contribution in [3.63, 3.8) is 0 Å². The fourth-order valence-corrected chi connectivity index (χ4v) is 3.85. The molecule has 28 heavy (non-hydrogen) atoms. The van der Waals surface area contributed by atoms with Crippen LogP contribution >= 0.6 is 11.6 Å². The third-order valence-electron chi connectivity index (χ3n) is 4.88. The van der Waals surface area contributed by atoms with Crippen molar-refractivity contribution < 1.29 is 9.52 Å². The van der Waals surface area contributed by atoms with E-state index in [0.717, 1.165) is 16.7 Å². The van der Waals surface area contributed by atoms with Crippen LogP contribution in [-0.4, -0.2) is 20.1 Å². The van der Waals surface area contributed by atoms with Gasteiger partial charge in [-0.15, -0.1) is 0 Å². The average molecular weight is 395 g/mol. The summed E-state index contributed by atoms with van der Waals surface area (Å²) in [7, 11) is 0. The van der Waals surface area contributed by atoms with Gasteiger partial charge in [-0.05, 0) is 47.9 Å². The number of phenols is 1. The number of aromatic nitrogens is 3. The predicted octanol–water partition coefficient (Wildman–Crippen LogP) is 3.77. The second-order valence-electron chi connectivity index (χ2n) is 6.84. The van der Waals surface area contributed by atoms with Crippen molar-refractivity contribution in [1.29, 1.82) is 0 Å². The van der Waals surface area contributed by atoms with Crippen molar-refractivity contribution in [3.8, 4) is 17.0 Å². The number of aryl methyl sites for hydroxylation is 1. The predicted molar refractivity (Wildman–Crippen MR) is 106 cm³/mol. The fourth-order valence-electron chi connectivity index (χ4n) is 3.58. The van der Waals surface area contributed by atoms with Crippen LogP contribution < -0.4 is 10.5 Å². The molecule has 0 unspecified atom stereocenters. The minimum atomic E-state index is -0.123. The first kappa shape index (κ1) is 16.8. The SMILES string of the molecule is Cc1cc(Cl)cc(O)c1-c1ccc2oc(N3Cc4c[nH]c(=O)cc4C3)nc2n1. The van der Waals surface area contributed by atoms with Gasteiger partial charge in [-0.1, -0.05) is 11.6 Å². The molecular weight excluding hydrogens is 380 g/mol. The minimum Gasteiger partial charge on any atom is -0.507 e. The second kappa shape index (κ2) is 6.10. The van der Waals surface area contributed by atoms with Crippen molar-refractivity contribution in [2.75, 3.05) is 4.90 Å². The minimum absolute atomic E-state index is 0.0697. The number of oxazole rings is 1. The number of nitrogens with one attached hydrogen (secondary N) is 1. The number of fused-ring (bicyclic) bond motifs is 2. The molecule has 4 aromatic rings. The van der Waals surface area contributed by atoms with E-state index in [1.807, 2.05) is 11.8 Å². The molecule has 0 spiro atoms. The highest BCUT2D eigenvalue weighted by atomic mass is 35.5. The Morgan fingerprint density at radius 2 is 2.00 bits per heavy atom. The van der Waals surface area contributed by atoms with Gasteiger partial charge in [0.05, 0.1) is 5.69 Å². The van der Waals surface area contributed by atoms with Gasteiger partial charge in [0, 0.05) is 35.9 Å². The van der Waals surface area contributed by atoms with E-state index in [9.17, 15) is 9.90 Å². The number of nitrogens with zero attached hydrogens (tertiary/aromatic N) is 3. The summed E-state index contributed by atoms with van der Waals surface area (Å²) in [5.74, 6) is 0.0697. The van der Waals surface area contributed by atoms with Crippen LogP contribution in [0.4, 0.5) is 6.01 Å². The number of hydrogen-bond acceptors (Lipinski definition) is 6. The van der Waals surface area contributed by atoms with Gasteiger partial charge in [-0.2, -0.15) is 4.98 Å².